The minimum atomic E-state index is 0. The molecule has 0 aromatic carbocycles. The van der Waals surface area contributed by atoms with Gasteiger partial charge in [-0.3, -0.25) is 6.08 Å². The molecule has 1 fully saturated rings. The molecule has 1 saturated carbocycles. The van der Waals surface area contributed by atoms with Gasteiger partial charge in [-0.15, -0.1) is 40.4 Å². The van der Waals surface area contributed by atoms with Crippen molar-refractivity contribution in [1.82, 2.24) is 0 Å². The molecule has 0 radical (unpaired) electrons. The van der Waals surface area contributed by atoms with Gasteiger partial charge < -0.3 is 0 Å². The van der Waals surface area contributed by atoms with E-state index in [1.807, 2.05) is 0 Å². The maximum absolute atomic E-state index is 3.43. The Balaban J connectivity index is 0. The van der Waals surface area contributed by atoms with Crippen molar-refractivity contribution < 1.29 is 21.7 Å². The molecule has 14 heavy (non-hydrogen) atoms. The van der Waals surface area contributed by atoms with E-state index in [1.54, 1.807) is 0 Å². The molecule has 0 unspecified atom stereocenters. The summed E-state index contributed by atoms with van der Waals surface area (Å²) in [5.41, 5.74) is 1.50. The molecule has 0 saturated heterocycles. The summed E-state index contributed by atoms with van der Waals surface area (Å²) in [5.74, 6) is 0.863. The number of allylic oxidation sites excluding steroid dienone is 4. The summed E-state index contributed by atoms with van der Waals surface area (Å²) in [6.45, 7) is 0. The molecule has 80 valence electrons. The first-order valence-corrected chi connectivity index (χ1v) is 4.74. The van der Waals surface area contributed by atoms with Crippen molar-refractivity contribution in [3.8, 4) is 0 Å². The van der Waals surface area contributed by atoms with Crippen LogP contribution in [0.4, 0.5) is 0 Å². The largest absolute Gasteiger partial charge is 0.269 e. The van der Waals surface area contributed by atoms with E-state index in [-0.39, 0.29) is 55.7 Å². The summed E-state index contributed by atoms with van der Waals surface area (Å²) < 4.78 is 0. The Morgan fingerprint density at radius 3 is 2.21 bits per heavy atom. The molecule has 0 aromatic heterocycles. The SMILES string of the molecule is Br.Br.[C-]1=C(C2CCCCC2)C=CC1.[Ti]. The zero-order chi connectivity index (χ0) is 7.52. The Bertz CT molecular complexity index is 193. The second-order valence-corrected chi connectivity index (χ2v) is 3.57. The Hall–Kier alpha value is 1.15. The zero-order valence-corrected chi connectivity index (χ0v) is 13.3. The molecule has 2 aliphatic carbocycles. The Morgan fingerprint density at radius 1 is 1.07 bits per heavy atom. The van der Waals surface area contributed by atoms with Gasteiger partial charge in [-0.05, 0) is 18.8 Å². The van der Waals surface area contributed by atoms with E-state index < -0.39 is 0 Å². The van der Waals surface area contributed by atoms with Crippen LogP contribution < -0.4 is 0 Å². The number of hydrogen-bond acceptors (Lipinski definition) is 0. The Kier molecular flexibility index (Phi) is 11.8. The molecule has 0 bridgehead atoms. The van der Waals surface area contributed by atoms with Crippen LogP contribution in [-0.4, -0.2) is 0 Å². The normalized spacial score (nSPS) is 20.1. The fourth-order valence-electron chi connectivity index (χ4n) is 2.12. The zero-order valence-electron chi connectivity index (χ0n) is 8.29. The van der Waals surface area contributed by atoms with Crippen molar-refractivity contribution in [2.75, 3.05) is 0 Å². The molecule has 0 heterocycles. The molecule has 2 aliphatic rings. The van der Waals surface area contributed by atoms with Gasteiger partial charge in [0.1, 0.15) is 0 Å². The van der Waals surface area contributed by atoms with Crippen molar-refractivity contribution in [2.24, 2.45) is 5.92 Å². The van der Waals surface area contributed by atoms with Gasteiger partial charge in [0.25, 0.3) is 0 Å². The molecule has 0 nitrogen and oxygen atoms in total. The fraction of sp³-hybridized carbons (Fsp3) is 0.636. The van der Waals surface area contributed by atoms with Crippen molar-refractivity contribution in [2.45, 2.75) is 38.5 Å². The molecular formula is C11H17Br2Ti-. The second-order valence-electron chi connectivity index (χ2n) is 3.57. The monoisotopic (exact) mass is 355 g/mol. The van der Waals surface area contributed by atoms with Crippen LogP contribution in [0.3, 0.4) is 0 Å². The van der Waals surface area contributed by atoms with Gasteiger partial charge in [0.2, 0.25) is 0 Å². The van der Waals surface area contributed by atoms with Gasteiger partial charge in [0.05, 0.1) is 0 Å². The predicted molar refractivity (Wildman–Crippen MR) is 67.7 cm³/mol. The summed E-state index contributed by atoms with van der Waals surface area (Å²) in [4.78, 5) is 0. The van der Waals surface area contributed by atoms with Crippen molar-refractivity contribution >= 4 is 34.0 Å². The van der Waals surface area contributed by atoms with Crippen LogP contribution in [0.15, 0.2) is 17.7 Å². The van der Waals surface area contributed by atoms with Crippen LogP contribution in [-0.2, 0) is 21.7 Å². The molecule has 0 aliphatic heterocycles. The van der Waals surface area contributed by atoms with Crippen LogP contribution in [0, 0.1) is 12.0 Å². The van der Waals surface area contributed by atoms with E-state index in [0.717, 1.165) is 12.3 Å². The summed E-state index contributed by atoms with van der Waals surface area (Å²) >= 11 is 0. The first kappa shape index (κ1) is 17.5. The van der Waals surface area contributed by atoms with E-state index in [0.29, 0.717) is 0 Å². The van der Waals surface area contributed by atoms with E-state index >= 15 is 0 Å². The topological polar surface area (TPSA) is 0 Å². The predicted octanol–water partition coefficient (Wildman–Crippen LogP) is 4.41. The van der Waals surface area contributed by atoms with Gasteiger partial charge in [-0.2, -0.15) is 6.08 Å². The first-order chi connectivity index (χ1) is 5.47. The molecule has 3 heteroatoms. The summed E-state index contributed by atoms with van der Waals surface area (Å²) in [6.07, 6.45) is 16.1. The van der Waals surface area contributed by atoms with Crippen molar-refractivity contribution in [1.29, 1.82) is 0 Å². The average Bonchev–Trinajstić information content (AvgIpc) is 2.58. The van der Waals surface area contributed by atoms with Crippen LogP contribution in [0.5, 0.6) is 0 Å². The van der Waals surface area contributed by atoms with Crippen LogP contribution in [0.25, 0.3) is 0 Å². The van der Waals surface area contributed by atoms with E-state index in [4.69, 9.17) is 0 Å². The Morgan fingerprint density at radius 2 is 1.71 bits per heavy atom. The third-order valence-electron chi connectivity index (χ3n) is 2.77. The third kappa shape index (κ3) is 4.78. The second kappa shape index (κ2) is 9.39. The smallest absolute Gasteiger partial charge is 0 e. The van der Waals surface area contributed by atoms with E-state index in [1.165, 1.54) is 37.7 Å². The summed E-state index contributed by atoms with van der Waals surface area (Å²) in [7, 11) is 0. The van der Waals surface area contributed by atoms with Gasteiger partial charge in [0, 0.05) is 21.7 Å². The third-order valence-corrected chi connectivity index (χ3v) is 2.77. The van der Waals surface area contributed by atoms with Crippen LogP contribution >= 0.6 is 34.0 Å². The van der Waals surface area contributed by atoms with Gasteiger partial charge in [-0.1, -0.05) is 19.3 Å². The standard InChI is InChI=1S/C11H15.2BrH.Ti/c1-2-6-10(7-3-1)11-8-4-5-9-11;;;/h4,8,10H,1-3,5-7H2;2*1H;/q-1;;;. The molecule has 2 rings (SSSR count). The van der Waals surface area contributed by atoms with E-state index in [9.17, 15) is 0 Å². The molecule has 0 atom stereocenters. The number of halogens is 2. The molecule has 0 amide bonds. The number of hydrogen-bond donors (Lipinski definition) is 0. The maximum Gasteiger partial charge on any atom is 0 e. The molecule has 0 N–H and O–H groups in total. The summed E-state index contributed by atoms with van der Waals surface area (Å²) in [6, 6.07) is 0. The van der Waals surface area contributed by atoms with E-state index in [2.05, 4.69) is 18.2 Å². The van der Waals surface area contributed by atoms with Gasteiger partial charge in [0.15, 0.2) is 0 Å². The van der Waals surface area contributed by atoms with Gasteiger partial charge in [-0.25, -0.2) is 11.6 Å². The van der Waals surface area contributed by atoms with Gasteiger partial charge >= 0.3 is 0 Å². The van der Waals surface area contributed by atoms with Crippen LogP contribution in [0.2, 0.25) is 0 Å². The summed E-state index contributed by atoms with van der Waals surface area (Å²) in [5, 5.41) is 0. The maximum atomic E-state index is 3.43. The molecular weight excluding hydrogens is 340 g/mol. The first-order valence-electron chi connectivity index (χ1n) is 4.74. The average molecular weight is 357 g/mol. The number of rotatable bonds is 1. The minimum Gasteiger partial charge on any atom is -0.269 e. The molecule has 0 aromatic rings. The van der Waals surface area contributed by atoms with Crippen molar-refractivity contribution in [3.63, 3.8) is 0 Å². The minimum absolute atomic E-state index is 0. The van der Waals surface area contributed by atoms with Crippen LogP contribution in [0.1, 0.15) is 38.5 Å². The molecule has 0 spiro atoms. The quantitative estimate of drug-likeness (QED) is 0.482. The van der Waals surface area contributed by atoms with Crippen molar-refractivity contribution in [3.05, 3.63) is 23.8 Å². The fourth-order valence-corrected chi connectivity index (χ4v) is 2.12. The Labute approximate surface area is 123 Å².